The Balaban J connectivity index is 1.54. The Morgan fingerprint density at radius 2 is 1.97 bits per heavy atom. The summed E-state index contributed by atoms with van der Waals surface area (Å²) in [5, 5.41) is 9.14. The maximum absolute atomic E-state index is 13.6. The van der Waals surface area contributed by atoms with E-state index in [0.29, 0.717) is 64.0 Å². The van der Waals surface area contributed by atoms with Crippen molar-refractivity contribution in [2.75, 3.05) is 58.0 Å². The number of nitrogens with zero attached hydrogens (tertiary/aromatic N) is 3. The molecular weight excluding hydrogens is 459 g/mol. The molecule has 2 atom stereocenters. The van der Waals surface area contributed by atoms with E-state index >= 15 is 0 Å². The average molecular weight is 494 g/mol. The number of fused-ring (bicyclic) bond motifs is 1. The second kappa shape index (κ2) is 10.8. The second-order valence-corrected chi connectivity index (χ2v) is 10.3. The van der Waals surface area contributed by atoms with Crippen molar-refractivity contribution >= 4 is 11.6 Å². The number of nitriles is 1. The first kappa shape index (κ1) is 25.8. The molecule has 4 rings (SSSR count). The number of likely N-dealkylation sites (tertiary alicyclic amines) is 1. The third-order valence-corrected chi connectivity index (χ3v) is 7.97. The smallest absolute Gasteiger partial charge is 0.382 e. The van der Waals surface area contributed by atoms with Crippen molar-refractivity contribution < 1.29 is 27.4 Å². The van der Waals surface area contributed by atoms with Crippen LogP contribution in [0.4, 0.5) is 18.9 Å². The predicted molar refractivity (Wildman–Crippen MR) is 125 cm³/mol. The highest BCUT2D eigenvalue weighted by Gasteiger charge is 2.51. The van der Waals surface area contributed by atoms with Crippen molar-refractivity contribution in [1.29, 1.82) is 5.26 Å². The first-order valence-electron chi connectivity index (χ1n) is 12.5. The SMILES string of the molecule is COCCOC[C@@]12CN(C(=O)CC3CCCC3)CC[C@@H]1CN(c1ccc(C#N)c(C(F)(F)F)c1)C2. The Hall–Kier alpha value is -2.31. The zero-order chi connectivity index (χ0) is 25.1. The van der Waals surface area contributed by atoms with Crippen molar-refractivity contribution in [3.63, 3.8) is 0 Å². The van der Waals surface area contributed by atoms with Crippen LogP contribution >= 0.6 is 0 Å². The van der Waals surface area contributed by atoms with Gasteiger partial charge in [-0.1, -0.05) is 12.8 Å². The lowest BCUT2D eigenvalue weighted by Gasteiger charge is -2.44. The summed E-state index contributed by atoms with van der Waals surface area (Å²) in [5.74, 6) is 0.849. The minimum atomic E-state index is -4.60. The zero-order valence-corrected chi connectivity index (χ0v) is 20.3. The van der Waals surface area contributed by atoms with Gasteiger partial charge in [0.05, 0.1) is 37.0 Å². The molecule has 0 spiro atoms. The molecule has 2 aliphatic heterocycles. The maximum Gasteiger partial charge on any atom is 0.417 e. The van der Waals surface area contributed by atoms with Gasteiger partial charge in [0.25, 0.3) is 0 Å². The highest BCUT2D eigenvalue weighted by molar-refractivity contribution is 5.76. The van der Waals surface area contributed by atoms with Gasteiger partial charge in [0, 0.05) is 50.8 Å². The van der Waals surface area contributed by atoms with Crippen molar-refractivity contribution in [3.05, 3.63) is 29.3 Å². The number of benzene rings is 1. The van der Waals surface area contributed by atoms with E-state index in [1.807, 2.05) is 9.80 Å². The lowest BCUT2D eigenvalue weighted by atomic mass is 9.73. The van der Waals surface area contributed by atoms with Crippen LogP contribution in [-0.2, 0) is 20.4 Å². The van der Waals surface area contributed by atoms with Gasteiger partial charge < -0.3 is 19.3 Å². The molecule has 0 N–H and O–H groups in total. The number of rotatable bonds is 8. The van der Waals surface area contributed by atoms with Crippen molar-refractivity contribution in [2.45, 2.75) is 44.7 Å². The van der Waals surface area contributed by atoms with E-state index in [0.717, 1.165) is 25.3 Å². The molecule has 0 bridgehead atoms. The summed E-state index contributed by atoms with van der Waals surface area (Å²) >= 11 is 0. The molecule has 2 heterocycles. The number of alkyl halides is 3. The van der Waals surface area contributed by atoms with E-state index in [9.17, 15) is 18.0 Å². The van der Waals surface area contributed by atoms with E-state index in [2.05, 4.69) is 0 Å². The first-order valence-corrected chi connectivity index (χ1v) is 12.5. The Morgan fingerprint density at radius 3 is 2.66 bits per heavy atom. The molecule has 6 nitrogen and oxygen atoms in total. The third-order valence-electron chi connectivity index (χ3n) is 7.97. The molecule has 1 saturated carbocycles. The second-order valence-electron chi connectivity index (χ2n) is 10.3. The molecule has 0 unspecified atom stereocenters. The Morgan fingerprint density at radius 1 is 1.20 bits per heavy atom. The monoisotopic (exact) mass is 493 g/mol. The number of hydrogen-bond donors (Lipinski definition) is 0. The topological polar surface area (TPSA) is 65.8 Å². The number of piperidine rings is 1. The molecule has 1 aliphatic carbocycles. The summed E-state index contributed by atoms with van der Waals surface area (Å²) in [6.45, 7) is 3.63. The summed E-state index contributed by atoms with van der Waals surface area (Å²) in [5.41, 5.74) is -1.19. The van der Waals surface area contributed by atoms with Gasteiger partial charge in [0.15, 0.2) is 0 Å². The van der Waals surface area contributed by atoms with Gasteiger partial charge in [0.1, 0.15) is 0 Å². The van der Waals surface area contributed by atoms with Gasteiger partial charge in [-0.15, -0.1) is 0 Å². The van der Waals surface area contributed by atoms with Crippen LogP contribution in [0.1, 0.15) is 49.7 Å². The molecule has 9 heteroatoms. The van der Waals surface area contributed by atoms with E-state index < -0.39 is 11.7 Å². The van der Waals surface area contributed by atoms with Crippen LogP contribution in [0, 0.1) is 28.6 Å². The van der Waals surface area contributed by atoms with Crippen LogP contribution in [0.2, 0.25) is 0 Å². The Bertz CT molecular complexity index is 942. The molecule has 3 aliphatic rings. The van der Waals surface area contributed by atoms with Crippen LogP contribution < -0.4 is 4.90 Å². The van der Waals surface area contributed by atoms with Crippen molar-refractivity contribution in [3.8, 4) is 6.07 Å². The summed E-state index contributed by atoms with van der Waals surface area (Å²) in [6.07, 6.45) is 1.39. The summed E-state index contributed by atoms with van der Waals surface area (Å²) in [7, 11) is 1.61. The van der Waals surface area contributed by atoms with Gasteiger partial charge in [0.2, 0.25) is 5.91 Å². The maximum atomic E-state index is 13.6. The van der Waals surface area contributed by atoms with Gasteiger partial charge in [-0.3, -0.25) is 4.79 Å². The summed E-state index contributed by atoms with van der Waals surface area (Å²) < 4.78 is 51.8. The number of carbonyl (C=O) groups is 1. The quantitative estimate of drug-likeness (QED) is 0.500. The van der Waals surface area contributed by atoms with Crippen molar-refractivity contribution in [1.82, 2.24) is 4.90 Å². The van der Waals surface area contributed by atoms with E-state index in [-0.39, 0.29) is 22.8 Å². The van der Waals surface area contributed by atoms with Crippen LogP contribution in [0.15, 0.2) is 18.2 Å². The molecule has 35 heavy (non-hydrogen) atoms. The third kappa shape index (κ3) is 5.75. The molecule has 1 aromatic rings. The number of amides is 1. The lowest BCUT2D eigenvalue weighted by molar-refractivity contribution is -0.139. The number of halogens is 3. The van der Waals surface area contributed by atoms with Crippen LogP contribution in [0.3, 0.4) is 0 Å². The predicted octanol–water partition coefficient (Wildman–Crippen LogP) is 4.48. The largest absolute Gasteiger partial charge is 0.417 e. The minimum absolute atomic E-state index is 0.183. The Kier molecular flexibility index (Phi) is 7.92. The van der Waals surface area contributed by atoms with Crippen LogP contribution in [-0.4, -0.2) is 63.9 Å². The number of ether oxygens (including phenoxy) is 2. The van der Waals surface area contributed by atoms with Gasteiger partial charge >= 0.3 is 6.18 Å². The molecule has 0 radical (unpaired) electrons. The summed E-state index contributed by atoms with van der Waals surface area (Å²) in [6, 6.07) is 5.57. The average Bonchev–Trinajstić information content (AvgIpc) is 3.48. The molecule has 1 amide bonds. The van der Waals surface area contributed by atoms with E-state index in [4.69, 9.17) is 14.7 Å². The number of hydrogen-bond acceptors (Lipinski definition) is 5. The highest BCUT2D eigenvalue weighted by Crippen LogP contribution is 2.45. The fraction of sp³-hybridized carbons (Fsp3) is 0.692. The molecule has 2 saturated heterocycles. The van der Waals surface area contributed by atoms with Crippen LogP contribution in [0.25, 0.3) is 0 Å². The zero-order valence-electron chi connectivity index (χ0n) is 20.3. The number of methoxy groups -OCH3 is 1. The highest BCUT2D eigenvalue weighted by atomic mass is 19.4. The first-order chi connectivity index (χ1) is 16.8. The van der Waals surface area contributed by atoms with E-state index in [1.165, 1.54) is 18.9 Å². The molecule has 0 aromatic heterocycles. The minimum Gasteiger partial charge on any atom is -0.382 e. The lowest BCUT2D eigenvalue weighted by Crippen LogP contribution is -2.53. The van der Waals surface area contributed by atoms with Gasteiger partial charge in [-0.2, -0.15) is 18.4 Å². The van der Waals surface area contributed by atoms with Gasteiger partial charge in [-0.05, 0) is 49.3 Å². The summed E-state index contributed by atoms with van der Waals surface area (Å²) in [4.78, 5) is 17.1. The molecule has 3 fully saturated rings. The van der Waals surface area contributed by atoms with Gasteiger partial charge in [-0.25, -0.2) is 0 Å². The molecular formula is C26H34F3N3O3. The number of carbonyl (C=O) groups excluding carboxylic acids is 1. The fourth-order valence-electron chi connectivity index (χ4n) is 6.07. The molecule has 192 valence electrons. The number of anilines is 1. The van der Waals surface area contributed by atoms with E-state index in [1.54, 1.807) is 19.2 Å². The normalized spacial score (nSPS) is 25.1. The Labute approximate surface area is 205 Å². The fourth-order valence-corrected chi connectivity index (χ4v) is 6.07. The standard InChI is InChI=1S/C26H34F3N3O3/c1-34-10-11-35-18-25-16-31(24(33)12-19-4-2-3-5-19)9-8-21(25)15-32(17-25)22-7-6-20(14-30)23(13-22)26(27,28)29/h6-7,13,19,21H,2-5,8-12,15-18H2,1H3/t21-,25+/m1/s1. The molecule has 1 aromatic carbocycles. The van der Waals surface area contributed by atoms with Crippen molar-refractivity contribution in [2.24, 2.45) is 17.3 Å². The van der Waals surface area contributed by atoms with Crippen LogP contribution in [0.5, 0.6) is 0 Å².